The van der Waals surface area contributed by atoms with E-state index in [0.717, 1.165) is 84.4 Å². The van der Waals surface area contributed by atoms with E-state index < -0.39 is 0 Å². The molecule has 0 saturated carbocycles. The third kappa shape index (κ3) is 6.89. The van der Waals surface area contributed by atoms with Crippen molar-refractivity contribution in [2.75, 3.05) is 77.5 Å². The van der Waals surface area contributed by atoms with Gasteiger partial charge in [-0.2, -0.15) is 0 Å². The van der Waals surface area contributed by atoms with Gasteiger partial charge in [-0.25, -0.2) is 0 Å². The van der Waals surface area contributed by atoms with E-state index in [1.807, 2.05) is 0 Å². The van der Waals surface area contributed by atoms with Crippen molar-refractivity contribution < 1.29 is 4.74 Å². The Hall–Kier alpha value is -1.79. The summed E-state index contributed by atoms with van der Waals surface area (Å²) in [6.45, 7) is 14.5. The number of anilines is 1. The van der Waals surface area contributed by atoms with Crippen molar-refractivity contribution in [3.05, 3.63) is 29.8 Å². The predicted molar refractivity (Wildman–Crippen MR) is 122 cm³/mol. The van der Waals surface area contributed by atoms with Gasteiger partial charge in [0.05, 0.1) is 6.61 Å². The number of guanidine groups is 1. The number of nitrogens with one attached hydrogen (secondary N) is 1. The Morgan fingerprint density at radius 2 is 2.10 bits per heavy atom. The molecule has 2 aliphatic rings. The first-order chi connectivity index (χ1) is 14.2. The minimum absolute atomic E-state index is 0.633. The molecule has 2 aliphatic heterocycles. The van der Waals surface area contributed by atoms with Gasteiger partial charge in [-0.15, -0.1) is 0 Å². The molecule has 29 heavy (non-hydrogen) atoms. The predicted octanol–water partition coefficient (Wildman–Crippen LogP) is 2.44. The number of ether oxygens (including phenoxy) is 1. The van der Waals surface area contributed by atoms with Crippen LogP contribution in [0.4, 0.5) is 5.69 Å². The first kappa shape index (κ1) is 21.9. The number of nitrogens with zero attached hydrogens (tertiary/aromatic N) is 4. The van der Waals surface area contributed by atoms with Crippen LogP contribution in [0.25, 0.3) is 0 Å². The van der Waals surface area contributed by atoms with Gasteiger partial charge in [0.25, 0.3) is 0 Å². The standard InChI is InChI=1S/C23H39N5O/c1-4-24-23(26(3)18-21-9-16-29-19-21)25-10-6-11-27-12-14-28(15-13-27)22-8-5-7-20(2)17-22/h5,7-8,17,21H,4,6,9-16,18-19H2,1-3H3,(H,24,25). The molecular formula is C23H39N5O. The van der Waals surface area contributed by atoms with Crippen molar-refractivity contribution >= 4 is 11.6 Å². The summed E-state index contributed by atoms with van der Waals surface area (Å²) in [5, 5.41) is 3.44. The highest BCUT2D eigenvalue weighted by atomic mass is 16.5. The van der Waals surface area contributed by atoms with Crippen LogP contribution in [0.15, 0.2) is 29.3 Å². The Labute approximate surface area is 176 Å². The number of rotatable bonds is 8. The molecule has 1 aromatic carbocycles. The van der Waals surface area contributed by atoms with Crippen molar-refractivity contribution in [3.63, 3.8) is 0 Å². The second-order valence-corrected chi connectivity index (χ2v) is 8.37. The third-order valence-electron chi connectivity index (χ3n) is 5.89. The molecule has 1 unspecified atom stereocenters. The monoisotopic (exact) mass is 401 g/mol. The maximum Gasteiger partial charge on any atom is 0.193 e. The lowest BCUT2D eigenvalue weighted by atomic mass is 10.1. The second kappa shape index (κ2) is 11.4. The first-order valence-corrected chi connectivity index (χ1v) is 11.3. The van der Waals surface area contributed by atoms with E-state index in [2.05, 4.69) is 65.2 Å². The molecule has 0 aliphatic carbocycles. The Bertz CT molecular complexity index is 636. The van der Waals surface area contributed by atoms with E-state index in [4.69, 9.17) is 9.73 Å². The maximum absolute atomic E-state index is 5.51. The minimum atomic E-state index is 0.633. The lowest BCUT2D eigenvalue weighted by molar-refractivity contribution is 0.181. The van der Waals surface area contributed by atoms with Crippen molar-refractivity contribution in [2.24, 2.45) is 10.9 Å². The molecule has 0 bridgehead atoms. The van der Waals surface area contributed by atoms with Crippen molar-refractivity contribution in [1.82, 2.24) is 15.1 Å². The third-order valence-corrected chi connectivity index (χ3v) is 5.89. The molecule has 6 nitrogen and oxygen atoms in total. The summed E-state index contributed by atoms with van der Waals surface area (Å²) in [6.07, 6.45) is 2.28. The van der Waals surface area contributed by atoms with Crippen LogP contribution >= 0.6 is 0 Å². The molecule has 2 fully saturated rings. The summed E-state index contributed by atoms with van der Waals surface area (Å²) in [5.74, 6) is 1.66. The Kier molecular flexibility index (Phi) is 8.62. The van der Waals surface area contributed by atoms with Gasteiger partial charge in [0.15, 0.2) is 5.96 Å². The summed E-state index contributed by atoms with van der Waals surface area (Å²) < 4.78 is 5.51. The number of piperazine rings is 1. The lowest BCUT2D eigenvalue weighted by Gasteiger charge is -2.36. The van der Waals surface area contributed by atoms with Crippen LogP contribution in [0.1, 0.15) is 25.3 Å². The van der Waals surface area contributed by atoms with Gasteiger partial charge in [0.2, 0.25) is 0 Å². The largest absolute Gasteiger partial charge is 0.381 e. The molecule has 1 N–H and O–H groups in total. The number of hydrogen-bond donors (Lipinski definition) is 1. The zero-order chi connectivity index (χ0) is 20.5. The van der Waals surface area contributed by atoms with Crippen LogP contribution in [0, 0.1) is 12.8 Å². The molecule has 2 saturated heterocycles. The van der Waals surface area contributed by atoms with E-state index in [-0.39, 0.29) is 0 Å². The van der Waals surface area contributed by atoms with Crippen molar-refractivity contribution in [1.29, 1.82) is 0 Å². The fourth-order valence-corrected chi connectivity index (χ4v) is 4.20. The number of hydrogen-bond acceptors (Lipinski definition) is 4. The quantitative estimate of drug-likeness (QED) is 0.412. The molecule has 2 heterocycles. The highest BCUT2D eigenvalue weighted by Crippen LogP contribution is 2.18. The second-order valence-electron chi connectivity index (χ2n) is 8.37. The fraction of sp³-hybridized carbons (Fsp3) is 0.696. The van der Waals surface area contributed by atoms with Gasteiger partial charge in [-0.1, -0.05) is 12.1 Å². The minimum Gasteiger partial charge on any atom is -0.381 e. The van der Waals surface area contributed by atoms with Gasteiger partial charge in [-0.3, -0.25) is 9.89 Å². The molecule has 6 heteroatoms. The number of aryl methyl sites for hydroxylation is 1. The first-order valence-electron chi connectivity index (χ1n) is 11.3. The molecule has 1 atom stereocenters. The number of benzene rings is 1. The van der Waals surface area contributed by atoms with Gasteiger partial charge >= 0.3 is 0 Å². The number of aliphatic imine (C=N–C) groups is 1. The Morgan fingerprint density at radius 1 is 1.28 bits per heavy atom. The van der Waals surface area contributed by atoms with Gasteiger partial charge in [0.1, 0.15) is 0 Å². The molecule has 0 spiro atoms. The van der Waals surface area contributed by atoms with Gasteiger partial charge < -0.3 is 19.9 Å². The van der Waals surface area contributed by atoms with E-state index >= 15 is 0 Å². The summed E-state index contributed by atoms with van der Waals surface area (Å²) in [4.78, 5) is 12.2. The Balaban J connectivity index is 1.38. The fourth-order valence-electron chi connectivity index (χ4n) is 4.20. The summed E-state index contributed by atoms with van der Waals surface area (Å²) in [5.41, 5.74) is 2.70. The van der Waals surface area contributed by atoms with Crippen molar-refractivity contribution in [3.8, 4) is 0 Å². The molecular weight excluding hydrogens is 362 g/mol. The zero-order valence-electron chi connectivity index (χ0n) is 18.6. The zero-order valence-corrected chi connectivity index (χ0v) is 18.6. The maximum atomic E-state index is 5.51. The Morgan fingerprint density at radius 3 is 2.79 bits per heavy atom. The topological polar surface area (TPSA) is 43.3 Å². The van der Waals surface area contributed by atoms with Crippen LogP contribution in [0.3, 0.4) is 0 Å². The van der Waals surface area contributed by atoms with Gasteiger partial charge in [-0.05, 0) is 44.4 Å². The molecule has 1 aromatic rings. The van der Waals surface area contributed by atoms with Crippen molar-refractivity contribution in [2.45, 2.75) is 26.7 Å². The molecule has 0 aromatic heterocycles. The summed E-state index contributed by atoms with van der Waals surface area (Å²) >= 11 is 0. The molecule has 3 rings (SSSR count). The van der Waals surface area contributed by atoms with Crippen LogP contribution in [0.5, 0.6) is 0 Å². The lowest BCUT2D eigenvalue weighted by Crippen LogP contribution is -2.46. The van der Waals surface area contributed by atoms with Crippen LogP contribution in [-0.4, -0.2) is 88.4 Å². The molecule has 0 amide bonds. The van der Waals surface area contributed by atoms with Gasteiger partial charge in [0, 0.05) is 77.6 Å². The average molecular weight is 402 g/mol. The van der Waals surface area contributed by atoms with Crippen LogP contribution in [0.2, 0.25) is 0 Å². The molecule has 0 radical (unpaired) electrons. The van der Waals surface area contributed by atoms with E-state index in [1.165, 1.54) is 11.3 Å². The smallest absolute Gasteiger partial charge is 0.193 e. The average Bonchev–Trinajstić information content (AvgIpc) is 3.24. The van der Waals surface area contributed by atoms with E-state index in [9.17, 15) is 0 Å². The summed E-state index contributed by atoms with van der Waals surface area (Å²) in [7, 11) is 2.14. The van der Waals surface area contributed by atoms with E-state index in [1.54, 1.807) is 0 Å². The highest BCUT2D eigenvalue weighted by Gasteiger charge is 2.19. The van der Waals surface area contributed by atoms with E-state index in [0.29, 0.717) is 5.92 Å². The summed E-state index contributed by atoms with van der Waals surface area (Å²) in [6, 6.07) is 8.85. The SMILES string of the molecule is CCNC(=NCCCN1CCN(c2cccc(C)c2)CC1)N(C)CC1CCOC1. The molecule has 162 valence electrons. The highest BCUT2D eigenvalue weighted by molar-refractivity contribution is 5.79. The van der Waals surface area contributed by atoms with Crippen LogP contribution in [-0.2, 0) is 4.74 Å². The normalized spacial score (nSPS) is 20.9. The van der Waals surface area contributed by atoms with Crippen LogP contribution < -0.4 is 10.2 Å².